The van der Waals surface area contributed by atoms with Crippen LogP contribution in [0.2, 0.25) is 5.02 Å². The zero-order valence-electron chi connectivity index (χ0n) is 11.0. The molecule has 0 bridgehead atoms. The van der Waals surface area contributed by atoms with E-state index in [1.54, 1.807) is 31.4 Å². The van der Waals surface area contributed by atoms with E-state index >= 15 is 0 Å². The first-order valence-electron chi connectivity index (χ1n) is 6.19. The number of hydrogen-bond donors (Lipinski definition) is 2. The lowest BCUT2D eigenvalue weighted by Crippen LogP contribution is -2.14. The zero-order chi connectivity index (χ0) is 14.5. The fraction of sp³-hybridized carbons (Fsp3) is 0.286. The molecule has 1 aromatic carbocycles. The second kappa shape index (κ2) is 6.54. The number of hydrogen-bond acceptors (Lipinski definition) is 4. The van der Waals surface area contributed by atoms with Gasteiger partial charge < -0.3 is 14.8 Å². The molecule has 1 heterocycles. The van der Waals surface area contributed by atoms with Crippen LogP contribution < -0.4 is 5.56 Å². The molecule has 106 valence electrons. The van der Waals surface area contributed by atoms with Gasteiger partial charge in [0.1, 0.15) is 11.4 Å². The molecule has 0 saturated carbocycles. The Morgan fingerprint density at radius 1 is 1.45 bits per heavy atom. The zero-order valence-corrected chi connectivity index (χ0v) is 11.8. The van der Waals surface area contributed by atoms with Crippen molar-refractivity contribution in [3.05, 3.63) is 45.5 Å². The molecule has 0 aliphatic carbocycles. The van der Waals surface area contributed by atoms with E-state index in [0.29, 0.717) is 29.4 Å². The van der Waals surface area contributed by atoms with Gasteiger partial charge in [0, 0.05) is 25.2 Å². The van der Waals surface area contributed by atoms with Gasteiger partial charge in [-0.05, 0) is 24.1 Å². The molecule has 20 heavy (non-hydrogen) atoms. The van der Waals surface area contributed by atoms with Gasteiger partial charge in [0.25, 0.3) is 5.56 Å². The Hall–Kier alpha value is -1.85. The summed E-state index contributed by atoms with van der Waals surface area (Å²) in [5.74, 6) is 0.152. The minimum absolute atomic E-state index is 0.128. The van der Waals surface area contributed by atoms with E-state index in [9.17, 15) is 9.90 Å². The fourth-order valence-corrected chi connectivity index (χ4v) is 2.10. The molecule has 0 unspecified atom stereocenters. The molecular formula is C14H15ClN2O3. The van der Waals surface area contributed by atoms with Crippen molar-refractivity contribution in [1.82, 2.24) is 9.97 Å². The number of aromatic nitrogens is 2. The van der Waals surface area contributed by atoms with Gasteiger partial charge >= 0.3 is 0 Å². The normalized spacial score (nSPS) is 10.7. The standard InChI is InChI=1S/C14H15ClN2O3/c1-20-7-3-6-11-16-13(18)12(14(19)17-11)9-4-2-5-10(15)8-9/h2,4-5,8H,3,6-7H2,1H3,(H2,16,17,18,19). The molecule has 2 rings (SSSR count). The van der Waals surface area contributed by atoms with E-state index < -0.39 is 0 Å². The summed E-state index contributed by atoms with van der Waals surface area (Å²) in [5, 5.41) is 10.5. The molecule has 0 radical (unpaired) electrons. The Bertz CT molecular complexity index is 655. The summed E-state index contributed by atoms with van der Waals surface area (Å²) in [4.78, 5) is 18.8. The Morgan fingerprint density at radius 2 is 2.25 bits per heavy atom. The van der Waals surface area contributed by atoms with Crippen LogP contribution in [-0.4, -0.2) is 28.8 Å². The fourth-order valence-electron chi connectivity index (χ4n) is 1.91. The summed E-state index contributed by atoms with van der Waals surface area (Å²) in [6.07, 6.45) is 1.25. The summed E-state index contributed by atoms with van der Waals surface area (Å²) in [6.45, 7) is 0.570. The van der Waals surface area contributed by atoms with Gasteiger partial charge in [0.05, 0.1) is 0 Å². The van der Waals surface area contributed by atoms with Crippen LogP contribution in [0, 0.1) is 0 Å². The molecule has 5 nitrogen and oxygen atoms in total. The number of ether oxygens (including phenoxy) is 1. The third kappa shape index (κ3) is 3.37. The molecule has 6 heteroatoms. The van der Waals surface area contributed by atoms with Gasteiger partial charge in [-0.25, -0.2) is 0 Å². The predicted molar refractivity (Wildman–Crippen MR) is 77.2 cm³/mol. The average Bonchev–Trinajstić information content (AvgIpc) is 2.38. The first-order chi connectivity index (χ1) is 9.61. The van der Waals surface area contributed by atoms with Crippen molar-refractivity contribution in [2.45, 2.75) is 12.8 Å². The third-order valence-electron chi connectivity index (χ3n) is 2.82. The van der Waals surface area contributed by atoms with Crippen LogP contribution >= 0.6 is 11.6 Å². The van der Waals surface area contributed by atoms with Crippen molar-refractivity contribution in [1.29, 1.82) is 0 Å². The number of halogens is 1. The molecule has 0 amide bonds. The summed E-state index contributed by atoms with van der Waals surface area (Å²) >= 11 is 5.89. The molecule has 2 N–H and O–H groups in total. The Morgan fingerprint density at radius 3 is 2.90 bits per heavy atom. The van der Waals surface area contributed by atoms with E-state index in [4.69, 9.17) is 16.3 Å². The van der Waals surface area contributed by atoms with Crippen molar-refractivity contribution in [3.63, 3.8) is 0 Å². The number of aryl methyl sites for hydroxylation is 1. The number of benzene rings is 1. The van der Waals surface area contributed by atoms with Crippen LogP contribution in [0.1, 0.15) is 12.2 Å². The van der Waals surface area contributed by atoms with Gasteiger partial charge in [0.2, 0.25) is 5.88 Å². The summed E-state index contributed by atoms with van der Waals surface area (Å²) in [6, 6.07) is 6.71. The van der Waals surface area contributed by atoms with Crippen LogP contribution in [-0.2, 0) is 11.2 Å². The Balaban J connectivity index is 2.34. The first kappa shape index (κ1) is 14.6. The number of nitrogens with one attached hydrogen (secondary N) is 1. The maximum Gasteiger partial charge on any atom is 0.262 e. The van der Waals surface area contributed by atoms with Gasteiger partial charge in [-0.1, -0.05) is 23.7 Å². The van der Waals surface area contributed by atoms with E-state index in [1.807, 2.05) is 0 Å². The van der Waals surface area contributed by atoms with E-state index in [-0.39, 0.29) is 17.0 Å². The second-order valence-corrected chi connectivity index (χ2v) is 4.75. The van der Waals surface area contributed by atoms with E-state index in [1.165, 1.54) is 0 Å². The van der Waals surface area contributed by atoms with Crippen molar-refractivity contribution in [2.75, 3.05) is 13.7 Å². The lowest BCUT2D eigenvalue weighted by molar-refractivity contribution is 0.194. The molecule has 0 aliphatic heterocycles. The highest BCUT2D eigenvalue weighted by Gasteiger charge is 2.13. The van der Waals surface area contributed by atoms with Crippen LogP contribution in [0.5, 0.6) is 5.88 Å². The van der Waals surface area contributed by atoms with Crippen LogP contribution in [0.25, 0.3) is 11.1 Å². The van der Waals surface area contributed by atoms with Crippen molar-refractivity contribution in [2.24, 2.45) is 0 Å². The van der Waals surface area contributed by atoms with Crippen LogP contribution in [0.4, 0.5) is 0 Å². The number of nitrogens with zero attached hydrogens (tertiary/aromatic N) is 1. The summed E-state index contributed by atoms with van der Waals surface area (Å²) in [5.41, 5.74) is 0.280. The van der Waals surface area contributed by atoms with Crippen molar-refractivity contribution in [3.8, 4) is 17.0 Å². The monoisotopic (exact) mass is 294 g/mol. The number of rotatable bonds is 5. The molecule has 0 spiro atoms. The molecule has 0 aliphatic rings. The average molecular weight is 295 g/mol. The number of aromatic hydroxyl groups is 1. The molecular weight excluding hydrogens is 280 g/mol. The Labute approximate surface area is 121 Å². The maximum absolute atomic E-state index is 12.1. The van der Waals surface area contributed by atoms with Gasteiger partial charge in [-0.2, -0.15) is 4.98 Å². The predicted octanol–water partition coefficient (Wildman–Crippen LogP) is 2.37. The van der Waals surface area contributed by atoms with Gasteiger partial charge in [-0.15, -0.1) is 0 Å². The quantitative estimate of drug-likeness (QED) is 0.830. The third-order valence-corrected chi connectivity index (χ3v) is 3.06. The topological polar surface area (TPSA) is 75.2 Å². The van der Waals surface area contributed by atoms with E-state index in [2.05, 4.69) is 9.97 Å². The van der Waals surface area contributed by atoms with E-state index in [0.717, 1.165) is 6.42 Å². The minimum Gasteiger partial charge on any atom is -0.493 e. The first-order valence-corrected chi connectivity index (χ1v) is 6.56. The van der Waals surface area contributed by atoms with Crippen molar-refractivity contribution < 1.29 is 9.84 Å². The highest BCUT2D eigenvalue weighted by molar-refractivity contribution is 6.30. The second-order valence-electron chi connectivity index (χ2n) is 4.32. The smallest absolute Gasteiger partial charge is 0.262 e. The molecule has 2 aromatic rings. The van der Waals surface area contributed by atoms with Crippen molar-refractivity contribution >= 4 is 11.6 Å². The molecule has 0 saturated heterocycles. The molecule has 0 fully saturated rings. The van der Waals surface area contributed by atoms with Crippen LogP contribution in [0.15, 0.2) is 29.1 Å². The lowest BCUT2D eigenvalue weighted by Gasteiger charge is -2.06. The van der Waals surface area contributed by atoms with Gasteiger partial charge in [0.15, 0.2) is 0 Å². The maximum atomic E-state index is 12.1. The highest BCUT2D eigenvalue weighted by Crippen LogP contribution is 2.25. The number of methoxy groups -OCH3 is 1. The largest absolute Gasteiger partial charge is 0.493 e. The summed E-state index contributed by atoms with van der Waals surface area (Å²) in [7, 11) is 1.61. The Kier molecular flexibility index (Phi) is 4.76. The summed E-state index contributed by atoms with van der Waals surface area (Å²) < 4.78 is 4.93. The van der Waals surface area contributed by atoms with Gasteiger partial charge in [-0.3, -0.25) is 4.79 Å². The molecule has 1 aromatic heterocycles. The number of aromatic amines is 1. The lowest BCUT2D eigenvalue weighted by atomic mass is 10.1. The van der Waals surface area contributed by atoms with Crippen LogP contribution in [0.3, 0.4) is 0 Å². The SMILES string of the molecule is COCCCc1nc(O)c(-c2cccc(Cl)c2)c(=O)[nH]1. The number of H-pyrrole nitrogens is 1. The minimum atomic E-state index is -0.382. The highest BCUT2D eigenvalue weighted by atomic mass is 35.5. The molecule has 0 atom stereocenters.